The molecule has 0 amide bonds. The first-order valence-corrected chi connectivity index (χ1v) is 9.53. The van der Waals surface area contributed by atoms with Gasteiger partial charge < -0.3 is 19.4 Å². The monoisotopic (exact) mass is 433 g/mol. The van der Waals surface area contributed by atoms with Crippen LogP contribution in [-0.4, -0.2) is 23.3 Å². The summed E-state index contributed by atoms with van der Waals surface area (Å²) in [7, 11) is 1.31. The number of aromatic nitrogens is 2. The topological polar surface area (TPSA) is 65.4 Å². The molecule has 0 radical (unpaired) electrons. The van der Waals surface area contributed by atoms with Gasteiger partial charge in [-0.3, -0.25) is 4.79 Å². The van der Waals surface area contributed by atoms with Gasteiger partial charge in [0, 0.05) is 5.69 Å². The van der Waals surface area contributed by atoms with Crippen molar-refractivity contribution in [2.75, 3.05) is 19.0 Å². The second kappa shape index (κ2) is 9.11. The van der Waals surface area contributed by atoms with Gasteiger partial charge in [0.05, 0.1) is 26.5 Å². The number of benzene rings is 2. The summed E-state index contributed by atoms with van der Waals surface area (Å²) < 4.78 is 52.7. The van der Waals surface area contributed by atoms with E-state index in [4.69, 9.17) is 9.47 Å². The lowest BCUT2D eigenvalue weighted by Gasteiger charge is -2.18. The van der Waals surface area contributed by atoms with Crippen LogP contribution in [0, 0.1) is 31.3 Å². The van der Waals surface area contributed by atoms with Gasteiger partial charge >= 0.3 is 5.56 Å². The Balaban J connectivity index is 2.04. The lowest BCUT2D eigenvalue weighted by atomic mass is 10.1. The molecule has 2 aromatic carbocycles. The van der Waals surface area contributed by atoms with Crippen molar-refractivity contribution in [3.8, 4) is 11.5 Å². The quantitative estimate of drug-likeness (QED) is 0.557. The van der Waals surface area contributed by atoms with Crippen molar-refractivity contribution in [3.63, 3.8) is 0 Å². The molecule has 1 heterocycles. The fourth-order valence-corrected chi connectivity index (χ4v) is 3.09. The third kappa shape index (κ3) is 4.82. The number of ether oxygens (including phenoxy) is 2. The van der Waals surface area contributed by atoms with Gasteiger partial charge in [0.1, 0.15) is 5.75 Å². The second-order valence-electron chi connectivity index (χ2n) is 6.93. The minimum Gasteiger partial charge on any atom is -0.494 e. The third-order valence-corrected chi connectivity index (χ3v) is 4.65. The first-order valence-electron chi connectivity index (χ1n) is 9.53. The molecule has 3 rings (SSSR count). The predicted octanol–water partition coefficient (Wildman–Crippen LogP) is 4.48. The van der Waals surface area contributed by atoms with Crippen LogP contribution >= 0.6 is 0 Å². The van der Waals surface area contributed by atoms with E-state index in [0.29, 0.717) is 12.3 Å². The van der Waals surface area contributed by atoms with Crippen LogP contribution in [0.2, 0.25) is 0 Å². The summed E-state index contributed by atoms with van der Waals surface area (Å²) in [4.78, 5) is 16.2. The molecule has 0 saturated heterocycles. The number of rotatable bonds is 7. The Morgan fingerprint density at radius 1 is 1.03 bits per heavy atom. The number of nitrogens with one attached hydrogen (secondary N) is 1. The number of anilines is 2. The molecular weight excluding hydrogens is 411 g/mol. The lowest BCUT2D eigenvalue weighted by Crippen LogP contribution is -2.19. The highest BCUT2D eigenvalue weighted by atomic mass is 19.2. The third-order valence-electron chi connectivity index (χ3n) is 4.65. The predicted molar refractivity (Wildman–Crippen MR) is 111 cm³/mol. The Hall–Kier alpha value is -3.49. The smallest absolute Gasteiger partial charge is 0.316 e. The highest BCUT2D eigenvalue weighted by molar-refractivity contribution is 5.62. The number of nitrogens with zero attached hydrogens (tertiary/aromatic N) is 2. The van der Waals surface area contributed by atoms with E-state index in [1.54, 1.807) is 0 Å². The second-order valence-corrected chi connectivity index (χ2v) is 6.93. The summed E-state index contributed by atoms with van der Waals surface area (Å²) in [6.07, 6.45) is 1.37. The molecule has 0 aliphatic carbocycles. The molecule has 0 atom stereocenters. The molecule has 164 valence electrons. The van der Waals surface area contributed by atoms with Gasteiger partial charge in [-0.05, 0) is 61.7 Å². The van der Waals surface area contributed by atoms with Crippen molar-refractivity contribution in [1.82, 2.24) is 9.55 Å². The van der Waals surface area contributed by atoms with E-state index in [1.165, 1.54) is 17.9 Å². The summed E-state index contributed by atoms with van der Waals surface area (Å²) in [5, 5.41) is 3.08. The number of methoxy groups -OCH3 is 1. The Bertz CT molecular complexity index is 1160. The molecule has 31 heavy (non-hydrogen) atoms. The Morgan fingerprint density at radius 3 is 2.32 bits per heavy atom. The first-order chi connectivity index (χ1) is 14.7. The SMILES string of the molecule is CCOc1cc(C)c(Nc2nc(=O)c(OC)cn2Cc2cc(F)c(F)c(F)c2)cc1C. The standard InChI is InChI=1S/C22H22F3N3O3/c1-5-31-18-7-12(2)17(6-13(18)3)26-22-27-21(29)19(30-4)11-28(22)10-14-8-15(23)20(25)16(24)9-14/h6-9,11H,5,10H2,1-4H3,(H,26,27,29). The molecule has 0 bridgehead atoms. The van der Waals surface area contributed by atoms with E-state index >= 15 is 0 Å². The van der Waals surface area contributed by atoms with Gasteiger partial charge in [-0.1, -0.05) is 0 Å². The molecule has 0 aliphatic heterocycles. The highest BCUT2D eigenvalue weighted by Gasteiger charge is 2.15. The summed E-state index contributed by atoms with van der Waals surface area (Å²) in [6.45, 7) is 6.07. The van der Waals surface area contributed by atoms with Gasteiger partial charge in [-0.15, -0.1) is 0 Å². The maximum atomic E-state index is 13.7. The molecule has 0 unspecified atom stereocenters. The van der Waals surface area contributed by atoms with Crippen LogP contribution in [0.25, 0.3) is 0 Å². The van der Waals surface area contributed by atoms with Crippen molar-refractivity contribution in [1.29, 1.82) is 0 Å². The van der Waals surface area contributed by atoms with Crippen LogP contribution in [0.15, 0.2) is 35.3 Å². The van der Waals surface area contributed by atoms with Crippen LogP contribution < -0.4 is 20.3 Å². The number of aryl methyl sites for hydroxylation is 2. The lowest BCUT2D eigenvalue weighted by molar-refractivity contribution is 0.337. The molecule has 3 aromatic rings. The molecule has 0 saturated carbocycles. The maximum absolute atomic E-state index is 13.7. The van der Waals surface area contributed by atoms with Crippen LogP contribution in [0.5, 0.6) is 11.5 Å². The summed E-state index contributed by atoms with van der Waals surface area (Å²) in [5.41, 5.74) is 1.91. The summed E-state index contributed by atoms with van der Waals surface area (Å²) >= 11 is 0. The largest absolute Gasteiger partial charge is 0.494 e. The Morgan fingerprint density at radius 2 is 1.71 bits per heavy atom. The average molecular weight is 433 g/mol. The maximum Gasteiger partial charge on any atom is 0.316 e. The summed E-state index contributed by atoms with van der Waals surface area (Å²) in [5.74, 6) is -3.33. The number of hydrogen-bond acceptors (Lipinski definition) is 5. The zero-order valence-electron chi connectivity index (χ0n) is 17.6. The zero-order valence-corrected chi connectivity index (χ0v) is 17.6. The first kappa shape index (κ1) is 22.2. The van der Waals surface area contributed by atoms with Gasteiger partial charge in [-0.2, -0.15) is 4.98 Å². The molecule has 6 nitrogen and oxygen atoms in total. The molecule has 1 N–H and O–H groups in total. The molecule has 0 spiro atoms. The van der Waals surface area contributed by atoms with Crippen molar-refractivity contribution in [2.24, 2.45) is 0 Å². The Kier molecular flexibility index (Phi) is 6.53. The van der Waals surface area contributed by atoms with Gasteiger partial charge in [0.15, 0.2) is 17.5 Å². The van der Waals surface area contributed by atoms with Crippen LogP contribution in [0.4, 0.5) is 24.8 Å². The van der Waals surface area contributed by atoms with Crippen molar-refractivity contribution < 1.29 is 22.6 Å². The van der Waals surface area contributed by atoms with Crippen molar-refractivity contribution in [2.45, 2.75) is 27.3 Å². The fraction of sp³-hybridized carbons (Fsp3) is 0.273. The molecular formula is C22H22F3N3O3. The minimum absolute atomic E-state index is 0.0480. The fourth-order valence-electron chi connectivity index (χ4n) is 3.09. The van der Waals surface area contributed by atoms with Crippen molar-refractivity contribution >= 4 is 11.6 Å². The number of halogens is 3. The zero-order chi connectivity index (χ0) is 22.7. The van der Waals surface area contributed by atoms with Crippen LogP contribution in [-0.2, 0) is 6.54 Å². The van der Waals surface area contributed by atoms with E-state index in [-0.39, 0.29) is 23.8 Å². The minimum atomic E-state index is -1.54. The Labute approximate surface area is 177 Å². The molecule has 0 aliphatic rings. The van der Waals surface area contributed by atoms with Crippen molar-refractivity contribution in [3.05, 3.63) is 75.0 Å². The number of hydrogen-bond donors (Lipinski definition) is 1. The van der Waals surface area contributed by atoms with Crippen LogP contribution in [0.3, 0.4) is 0 Å². The van der Waals surface area contributed by atoms with E-state index < -0.39 is 23.0 Å². The van der Waals surface area contributed by atoms with E-state index in [9.17, 15) is 18.0 Å². The molecule has 0 fully saturated rings. The van der Waals surface area contributed by atoms with Crippen LogP contribution in [0.1, 0.15) is 23.6 Å². The van der Waals surface area contributed by atoms with E-state index in [1.807, 2.05) is 32.9 Å². The van der Waals surface area contributed by atoms with E-state index in [2.05, 4.69) is 10.3 Å². The highest BCUT2D eigenvalue weighted by Crippen LogP contribution is 2.28. The average Bonchev–Trinajstić information content (AvgIpc) is 2.71. The normalized spacial score (nSPS) is 10.8. The summed E-state index contributed by atoms with van der Waals surface area (Å²) in [6, 6.07) is 5.48. The van der Waals surface area contributed by atoms with E-state index in [0.717, 1.165) is 29.0 Å². The molecule has 9 heteroatoms. The van der Waals surface area contributed by atoms with Gasteiger partial charge in [0.25, 0.3) is 0 Å². The van der Waals surface area contributed by atoms with Gasteiger partial charge in [-0.25, -0.2) is 13.2 Å². The molecule has 1 aromatic heterocycles. The van der Waals surface area contributed by atoms with Gasteiger partial charge in [0.2, 0.25) is 11.7 Å².